The Kier molecular flexibility index (Phi) is 8.23. The van der Waals surface area contributed by atoms with Crippen LogP contribution in [0.4, 0.5) is 0 Å². The lowest BCUT2D eigenvalue weighted by Gasteiger charge is -2.23. The molecule has 0 heterocycles. The number of nitrogens with two attached hydrogens (primary N) is 1. The summed E-state index contributed by atoms with van der Waals surface area (Å²) in [6.07, 6.45) is 4.73. The summed E-state index contributed by atoms with van der Waals surface area (Å²) in [6.45, 7) is 3.65. The molecular formula is C17H26Cl2N2O. The summed E-state index contributed by atoms with van der Waals surface area (Å²) in [6, 6.07) is 7.96. The van der Waals surface area contributed by atoms with Crippen molar-refractivity contribution in [3.63, 3.8) is 0 Å². The highest BCUT2D eigenvalue weighted by atomic mass is 35.5. The number of nitrogens with zero attached hydrogens (tertiary/aromatic N) is 1. The molecule has 0 radical (unpaired) electrons. The Morgan fingerprint density at radius 3 is 2.55 bits per heavy atom. The third kappa shape index (κ3) is 6.99. The van der Waals surface area contributed by atoms with Crippen LogP contribution in [0.3, 0.4) is 0 Å². The Hall–Kier alpha value is -0.770. The average Bonchev–Trinajstić information content (AvgIpc) is 3.26. The summed E-state index contributed by atoms with van der Waals surface area (Å²) in [5.41, 5.74) is 6.97. The van der Waals surface area contributed by atoms with Gasteiger partial charge < -0.3 is 10.6 Å². The number of hydrogen-bond donors (Lipinski definition) is 1. The Morgan fingerprint density at radius 1 is 1.36 bits per heavy atom. The molecule has 0 bridgehead atoms. The molecule has 0 spiro atoms. The standard InChI is InChI=1S/C17H25ClN2O.ClH/c1-13(19)2-9-17(21)20(12-15-3-4-15)11-10-14-5-7-16(18)8-6-14;/h5-8,13,15H,2-4,9-12,19H2,1H3;1H. The molecule has 0 aromatic heterocycles. The number of carbonyl (C=O) groups is 1. The lowest BCUT2D eigenvalue weighted by Crippen LogP contribution is -2.35. The van der Waals surface area contributed by atoms with E-state index in [-0.39, 0.29) is 24.4 Å². The van der Waals surface area contributed by atoms with Crippen LogP contribution in [0.15, 0.2) is 24.3 Å². The van der Waals surface area contributed by atoms with Crippen molar-refractivity contribution in [1.82, 2.24) is 4.90 Å². The summed E-state index contributed by atoms with van der Waals surface area (Å²) in [4.78, 5) is 14.4. The van der Waals surface area contributed by atoms with E-state index in [0.717, 1.165) is 36.9 Å². The van der Waals surface area contributed by atoms with Crippen molar-refractivity contribution in [2.45, 2.75) is 45.1 Å². The normalized spacial score (nSPS) is 15.0. The molecule has 1 aliphatic rings. The first-order valence-corrected chi connectivity index (χ1v) is 8.20. The molecule has 1 fully saturated rings. The minimum Gasteiger partial charge on any atom is -0.342 e. The van der Waals surface area contributed by atoms with Crippen molar-refractivity contribution >= 4 is 29.9 Å². The topological polar surface area (TPSA) is 46.3 Å². The van der Waals surface area contributed by atoms with Crippen LogP contribution in [-0.2, 0) is 11.2 Å². The highest BCUT2D eigenvalue weighted by Gasteiger charge is 2.26. The summed E-state index contributed by atoms with van der Waals surface area (Å²) in [7, 11) is 0. The molecule has 1 saturated carbocycles. The van der Waals surface area contributed by atoms with Gasteiger partial charge in [-0.25, -0.2) is 0 Å². The van der Waals surface area contributed by atoms with Crippen molar-refractivity contribution in [3.8, 4) is 0 Å². The predicted molar refractivity (Wildman–Crippen MR) is 94.6 cm³/mol. The number of amides is 1. The molecule has 1 amide bonds. The fourth-order valence-electron chi connectivity index (χ4n) is 2.35. The van der Waals surface area contributed by atoms with Crippen LogP contribution in [-0.4, -0.2) is 29.9 Å². The van der Waals surface area contributed by atoms with Crippen molar-refractivity contribution < 1.29 is 4.79 Å². The first-order valence-electron chi connectivity index (χ1n) is 7.82. The van der Waals surface area contributed by atoms with Crippen LogP contribution in [0.1, 0.15) is 38.2 Å². The molecule has 1 aromatic rings. The van der Waals surface area contributed by atoms with Gasteiger partial charge in [0, 0.05) is 30.6 Å². The number of benzene rings is 1. The SMILES string of the molecule is CC(N)CCC(=O)N(CCc1ccc(Cl)cc1)CC1CC1.Cl. The Morgan fingerprint density at radius 2 is 2.00 bits per heavy atom. The van der Waals surface area contributed by atoms with Crippen molar-refractivity contribution in [3.05, 3.63) is 34.9 Å². The molecule has 1 unspecified atom stereocenters. The van der Waals surface area contributed by atoms with Gasteiger partial charge in [-0.15, -0.1) is 12.4 Å². The molecule has 0 saturated heterocycles. The van der Waals surface area contributed by atoms with Gasteiger partial charge in [-0.1, -0.05) is 23.7 Å². The van der Waals surface area contributed by atoms with Crippen molar-refractivity contribution in [2.75, 3.05) is 13.1 Å². The second kappa shape index (κ2) is 9.39. The van der Waals surface area contributed by atoms with Crippen LogP contribution >= 0.6 is 24.0 Å². The second-order valence-corrected chi connectivity index (χ2v) is 6.61. The molecule has 5 heteroatoms. The van der Waals surface area contributed by atoms with E-state index in [1.807, 2.05) is 36.1 Å². The minimum absolute atomic E-state index is 0. The van der Waals surface area contributed by atoms with Crippen LogP contribution in [0, 0.1) is 5.92 Å². The summed E-state index contributed by atoms with van der Waals surface area (Å²) in [5.74, 6) is 0.961. The first-order chi connectivity index (χ1) is 10.0. The fraction of sp³-hybridized carbons (Fsp3) is 0.588. The molecule has 1 atom stereocenters. The number of halogens is 2. The molecule has 2 rings (SSSR count). The van der Waals surface area contributed by atoms with Crippen LogP contribution in [0.25, 0.3) is 0 Å². The molecule has 2 N–H and O–H groups in total. The van der Waals surface area contributed by atoms with Gasteiger partial charge in [-0.2, -0.15) is 0 Å². The Balaban J connectivity index is 0.00000242. The van der Waals surface area contributed by atoms with Gasteiger partial charge in [0.2, 0.25) is 5.91 Å². The maximum Gasteiger partial charge on any atom is 0.222 e. The molecular weight excluding hydrogens is 319 g/mol. The lowest BCUT2D eigenvalue weighted by atomic mass is 10.1. The maximum absolute atomic E-state index is 12.3. The zero-order valence-corrected chi connectivity index (χ0v) is 14.7. The van der Waals surface area contributed by atoms with Gasteiger partial charge in [0.05, 0.1) is 0 Å². The first kappa shape index (κ1) is 19.3. The van der Waals surface area contributed by atoms with Gasteiger partial charge >= 0.3 is 0 Å². The Labute approximate surface area is 144 Å². The highest BCUT2D eigenvalue weighted by Crippen LogP contribution is 2.30. The van der Waals surface area contributed by atoms with Gasteiger partial charge in [0.1, 0.15) is 0 Å². The van der Waals surface area contributed by atoms with E-state index in [1.165, 1.54) is 18.4 Å². The van der Waals surface area contributed by atoms with Gasteiger partial charge in [0.15, 0.2) is 0 Å². The Bertz CT molecular complexity index is 458. The van der Waals surface area contributed by atoms with E-state index >= 15 is 0 Å². The molecule has 0 aliphatic heterocycles. The zero-order chi connectivity index (χ0) is 15.2. The molecule has 22 heavy (non-hydrogen) atoms. The maximum atomic E-state index is 12.3. The molecule has 1 aromatic carbocycles. The number of rotatable bonds is 8. The minimum atomic E-state index is 0. The van der Waals surface area contributed by atoms with Crippen LogP contribution < -0.4 is 5.73 Å². The van der Waals surface area contributed by atoms with Crippen LogP contribution in [0.5, 0.6) is 0 Å². The zero-order valence-electron chi connectivity index (χ0n) is 13.1. The quantitative estimate of drug-likeness (QED) is 0.781. The van der Waals surface area contributed by atoms with Gasteiger partial charge in [0.25, 0.3) is 0 Å². The van der Waals surface area contributed by atoms with Gasteiger partial charge in [-0.05, 0) is 56.2 Å². The van der Waals surface area contributed by atoms with E-state index in [9.17, 15) is 4.79 Å². The number of hydrogen-bond acceptors (Lipinski definition) is 2. The molecule has 1 aliphatic carbocycles. The molecule has 124 valence electrons. The number of carbonyl (C=O) groups excluding carboxylic acids is 1. The van der Waals surface area contributed by atoms with Crippen molar-refractivity contribution in [1.29, 1.82) is 0 Å². The van der Waals surface area contributed by atoms with Crippen molar-refractivity contribution in [2.24, 2.45) is 11.7 Å². The van der Waals surface area contributed by atoms with E-state index in [0.29, 0.717) is 6.42 Å². The summed E-state index contributed by atoms with van der Waals surface area (Å²) < 4.78 is 0. The summed E-state index contributed by atoms with van der Waals surface area (Å²) >= 11 is 5.90. The summed E-state index contributed by atoms with van der Waals surface area (Å²) in [5, 5.41) is 0.751. The second-order valence-electron chi connectivity index (χ2n) is 6.18. The molecule has 3 nitrogen and oxygen atoms in total. The fourth-order valence-corrected chi connectivity index (χ4v) is 2.48. The predicted octanol–water partition coefficient (Wildman–Crippen LogP) is 3.67. The van der Waals surface area contributed by atoms with E-state index in [1.54, 1.807) is 0 Å². The monoisotopic (exact) mass is 344 g/mol. The van der Waals surface area contributed by atoms with E-state index < -0.39 is 0 Å². The lowest BCUT2D eigenvalue weighted by molar-refractivity contribution is -0.131. The third-order valence-corrected chi connectivity index (χ3v) is 4.18. The average molecular weight is 345 g/mol. The van der Waals surface area contributed by atoms with E-state index in [4.69, 9.17) is 17.3 Å². The highest BCUT2D eigenvalue weighted by molar-refractivity contribution is 6.30. The van der Waals surface area contributed by atoms with Gasteiger partial charge in [-0.3, -0.25) is 4.79 Å². The van der Waals surface area contributed by atoms with Crippen LogP contribution in [0.2, 0.25) is 5.02 Å². The van der Waals surface area contributed by atoms with E-state index in [2.05, 4.69) is 0 Å². The smallest absolute Gasteiger partial charge is 0.222 e. The largest absolute Gasteiger partial charge is 0.342 e. The third-order valence-electron chi connectivity index (χ3n) is 3.93.